The maximum atomic E-state index is 6.24. The Kier molecular flexibility index (Phi) is 19.1. The van der Waals surface area contributed by atoms with Crippen LogP contribution in [0.25, 0.3) is 43.4 Å². The van der Waals surface area contributed by atoms with Crippen LogP contribution in [0.1, 0.15) is 125 Å². The van der Waals surface area contributed by atoms with E-state index in [-0.39, 0.29) is 28.5 Å². The van der Waals surface area contributed by atoms with Crippen molar-refractivity contribution in [3.05, 3.63) is 131 Å². The summed E-state index contributed by atoms with van der Waals surface area (Å²) in [5.74, 6) is 0. The van der Waals surface area contributed by atoms with Gasteiger partial charge < -0.3 is 0 Å². The molecule has 0 amide bonds. The van der Waals surface area contributed by atoms with Crippen LogP contribution in [0.4, 0.5) is 0 Å². The third-order valence-electron chi connectivity index (χ3n) is 9.30. The Hall–Kier alpha value is -2.00. The quantitative estimate of drug-likeness (QED) is 0.114. The SMILES string of the molecule is CC(C)(C)Sc1ccc2ccc3ccccc3c2c1SC(C)(C)C.CC(C)(C)Sc1ccc2ccccc2c1SC(C)(C)C.CC(C)(C)Sc1cccc(-c2cc(Cl)cc(Cl)c2)c1SC(C)(C)C. The van der Waals surface area contributed by atoms with Crippen LogP contribution in [-0.4, -0.2) is 28.5 Å². The summed E-state index contributed by atoms with van der Waals surface area (Å²) < 4.78 is 1.10. The first-order valence-corrected chi connectivity index (χ1v) is 29.1. The summed E-state index contributed by atoms with van der Waals surface area (Å²) in [6, 6.07) is 43.3. The van der Waals surface area contributed by atoms with Gasteiger partial charge in [-0.1, -0.05) is 233 Å². The van der Waals surface area contributed by atoms with Crippen LogP contribution >= 0.6 is 93.8 Å². The van der Waals surface area contributed by atoms with Crippen molar-refractivity contribution < 1.29 is 0 Å². The fourth-order valence-electron chi connectivity index (χ4n) is 7.18. The van der Waals surface area contributed by atoms with E-state index in [0.717, 1.165) is 5.56 Å². The second-order valence-corrected chi connectivity index (χ2v) is 35.0. The summed E-state index contributed by atoms with van der Waals surface area (Å²) in [5.41, 5.74) is 2.25. The maximum Gasteiger partial charge on any atom is 0.0426 e. The van der Waals surface area contributed by atoms with Crippen molar-refractivity contribution in [3.63, 3.8) is 0 Å². The average Bonchev–Trinajstić information content (AvgIpc) is 3.17. The third kappa shape index (κ3) is 17.9. The molecule has 7 aromatic rings. The van der Waals surface area contributed by atoms with Gasteiger partial charge in [0.2, 0.25) is 0 Å². The molecule has 0 aliphatic rings. The van der Waals surface area contributed by atoms with E-state index in [9.17, 15) is 0 Å². The van der Waals surface area contributed by atoms with Gasteiger partial charge in [-0.05, 0) is 74.5 Å². The van der Waals surface area contributed by atoms with E-state index in [4.69, 9.17) is 23.2 Å². The minimum absolute atomic E-state index is 0.117. The number of fused-ring (bicyclic) bond motifs is 4. The summed E-state index contributed by atoms with van der Waals surface area (Å²) in [4.78, 5) is 8.24. The lowest BCUT2D eigenvalue weighted by molar-refractivity contribution is 0.795. The monoisotopic (exact) mass is 1060 g/mol. The molecule has 0 saturated carbocycles. The lowest BCUT2D eigenvalue weighted by atomic mass is 10.0. The van der Waals surface area contributed by atoms with Crippen molar-refractivity contribution in [3.8, 4) is 11.1 Å². The Morgan fingerprint density at radius 3 is 1.18 bits per heavy atom. The predicted octanol–water partition coefficient (Wildman–Crippen LogP) is 22.8. The van der Waals surface area contributed by atoms with Crippen LogP contribution in [0, 0.1) is 0 Å². The number of thioether (sulfide) groups is 6. The van der Waals surface area contributed by atoms with Gasteiger partial charge in [0.05, 0.1) is 0 Å². The maximum absolute atomic E-state index is 6.24. The molecule has 0 N–H and O–H groups in total. The zero-order valence-electron chi connectivity index (χ0n) is 43.8. The molecule has 0 aliphatic carbocycles. The summed E-state index contributed by atoms with van der Waals surface area (Å²) in [5, 5.41) is 9.45. The van der Waals surface area contributed by atoms with Gasteiger partial charge in [-0.3, -0.25) is 0 Å². The Bertz CT molecular complexity index is 2800. The molecule has 0 aliphatic heterocycles. The number of hydrogen-bond acceptors (Lipinski definition) is 6. The predicted molar refractivity (Wildman–Crippen MR) is 321 cm³/mol. The molecule has 8 heteroatoms. The van der Waals surface area contributed by atoms with Gasteiger partial charge >= 0.3 is 0 Å². The first-order chi connectivity index (χ1) is 31.2. The molecule has 0 heterocycles. The zero-order chi connectivity index (χ0) is 50.6. The van der Waals surface area contributed by atoms with Crippen molar-refractivity contribution in [2.45, 2.75) is 182 Å². The normalized spacial score (nSPS) is 12.8. The Morgan fingerprint density at radius 1 is 0.309 bits per heavy atom. The zero-order valence-corrected chi connectivity index (χ0v) is 50.2. The molecule has 0 fully saturated rings. The highest BCUT2D eigenvalue weighted by Gasteiger charge is 2.25. The standard InChI is InChI=1S/C22H26S2.C20H24Cl2S2.C18H24S2/c1-21(2,3)23-18-14-13-16-12-11-15-9-7-8-10-17(15)19(16)20(18)24-22(4,5)6;1-19(2,3)23-17-9-7-8-16(18(17)24-20(4,5)6)13-10-14(21)12-15(22)11-13;1-17(2,3)19-15-12-11-13-9-7-8-10-14(13)16(15)20-18(4,5)6/h7-14H,1-6H3;7-12H,1-6H3;7-12H,1-6H3. The molecule has 0 atom stereocenters. The molecular formula is C60H74Cl2S6. The van der Waals surface area contributed by atoms with Crippen molar-refractivity contribution in [1.29, 1.82) is 0 Å². The summed E-state index contributed by atoms with van der Waals surface area (Å²) in [6.07, 6.45) is 0. The summed E-state index contributed by atoms with van der Waals surface area (Å²) in [6.45, 7) is 40.9. The molecule has 0 bridgehead atoms. The van der Waals surface area contributed by atoms with Gasteiger partial charge in [-0.15, -0.1) is 70.6 Å². The van der Waals surface area contributed by atoms with Gasteiger partial charge in [0, 0.05) is 73.3 Å². The second kappa shape index (κ2) is 22.8. The molecule has 0 aromatic heterocycles. The molecule has 0 unspecified atom stereocenters. The number of rotatable bonds is 7. The van der Waals surface area contributed by atoms with Gasteiger partial charge in [0.15, 0.2) is 0 Å². The van der Waals surface area contributed by atoms with E-state index in [1.807, 2.05) is 82.7 Å². The fourth-order valence-corrected chi connectivity index (χ4v) is 14.7. The molecule has 0 radical (unpaired) electrons. The van der Waals surface area contributed by atoms with Crippen LogP contribution in [0.3, 0.4) is 0 Å². The van der Waals surface area contributed by atoms with E-state index in [1.165, 1.54) is 67.3 Å². The Labute approximate surface area is 447 Å². The second-order valence-electron chi connectivity index (χ2n) is 23.0. The topological polar surface area (TPSA) is 0 Å². The van der Waals surface area contributed by atoms with E-state index >= 15 is 0 Å². The van der Waals surface area contributed by atoms with Crippen LogP contribution < -0.4 is 0 Å². The number of benzene rings is 7. The third-order valence-corrected chi connectivity index (χ3v) is 17.4. The molecule has 7 aromatic carbocycles. The number of halogens is 2. The first kappa shape index (κ1) is 56.9. The minimum Gasteiger partial charge on any atom is -0.119 e. The molecular weight excluding hydrogens is 984 g/mol. The lowest BCUT2D eigenvalue weighted by Gasteiger charge is -2.26. The summed E-state index contributed by atoms with van der Waals surface area (Å²) >= 11 is 24.2. The van der Waals surface area contributed by atoms with Gasteiger partial charge in [-0.2, -0.15) is 0 Å². The molecule has 0 saturated heterocycles. The highest BCUT2D eigenvalue weighted by Crippen LogP contribution is 2.50. The largest absolute Gasteiger partial charge is 0.119 e. The van der Waals surface area contributed by atoms with Crippen molar-refractivity contribution in [2.24, 2.45) is 0 Å². The highest BCUT2D eigenvalue weighted by molar-refractivity contribution is 8.04. The van der Waals surface area contributed by atoms with Crippen LogP contribution in [0.15, 0.2) is 151 Å². The van der Waals surface area contributed by atoms with Crippen LogP contribution in [-0.2, 0) is 0 Å². The van der Waals surface area contributed by atoms with Crippen LogP contribution in [0.2, 0.25) is 10.0 Å². The minimum atomic E-state index is 0.117. The molecule has 364 valence electrons. The van der Waals surface area contributed by atoms with E-state index < -0.39 is 0 Å². The molecule has 0 spiro atoms. The lowest BCUT2D eigenvalue weighted by Crippen LogP contribution is -2.10. The Balaban J connectivity index is 0.000000192. The molecule has 0 nitrogen and oxygen atoms in total. The highest BCUT2D eigenvalue weighted by atomic mass is 35.5. The van der Waals surface area contributed by atoms with Gasteiger partial charge in [0.25, 0.3) is 0 Å². The van der Waals surface area contributed by atoms with E-state index in [1.54, 1.807) is 6.07 Å². The van der Waals surface area contributed by atoms with Gasteiger partial charge in [0.1, 0.15) is 0 Å². The fraction of sp³-hybridized carbons (Fsp3) is 0.400. The number of hydrogen-bond donors (Lipinski definition) is 0. The smallest absolute Gasteiger partial charge is 0.0426 e. The summed E-state index contributed by atoms with van der Waals surface area (Å²) in [7, 11) is 0. The van der Waals surface area contributed by atoms with Crippen molar-refractivity contribution in [2.75, 3.05) is 0 Å². The van der Waals surface area contributed by atoms with Crippen LogP contribution in [0.5, 0.6) is 0 Å². The average molecular weight is 1060 g/mol. The Morgan fingerprint density at radius 2 is 0.676 bits per heavy atom. The van der Waals surface area contributed by atoms with Crippen molar-refractivity contribution in [1.82, 2.24) is 0 Å². The molecule has 68 heavy (non-hydrogen) atoms. The van der Waals surface area contributed by atoms with Gasteiger partial charge in [-0.25, -0.2) is 0 Å². The van der Waals surface area contributed by atoms with E-state index in [2.05, 4.69) is 228 Å². The first-order valence-electron chi connectivity index (χ1n) is 23.4. The van der Waals surface area contributed by atoms with E-state index in [0.29, 0.717) is 10.0 Å². The molecule has 7 rings (SSSR count). The van der Waals surface area contributed by atoms with Crippen molar-refractivity contribution >= 4 is 126 Å².